The molecule has 1 atom stereocenters. The molecular weight excluding hydrogens is 685 g/mol. The topological polar surface area (TPSA) is 96.0 Å². The number of ether oxygens (including phenoxy) is 1. The molecule has 1 N–H and O–H groups in total. The van der Waals surface area contributed by atoms with Crippen molar-refractivity contribution in [1.29, 1.82) is 0 Å². The minimum atomic E-state index is -4.33. The van der Waals surface area contributed by atoms with E-state index >= 15 is 0 Å². The van der Waals surface area contributed by atoms with E-state index in [9.17, 15) is 22.4 Å². The molecule has 11 heteroatoms. The predicted octanol–water partition coefficient (Wildman–Crippen LogP) is 6.59. The molecule has 0 aliphatic rings. The minimum Gasteiger partial charge on any atom is -0.494 e. The van der Waals surface area contributed by atoms with E-state index in [1.165, 1.54) is 41.3 Å². The number of sulfonamides is 1. The quantitative estimate of drug-likeness (QED) is 0.149. The maximum atomic E-state index is 14.5. The van der Waals surface area contributed by atoms with Crippen LogP contribution in [0.25, 0.3) is 0 Å². The number of benzene rings is 4. The summed E-state index contributed by atoms with van der Waals surface area (Å²) in [6.07, 6.45) is 0.201. The zero-order chi connectivity index (χ0) is 34.0. The lowest BCUT2D eigenvalue weighted by Crippen LogP contribution is -2.53. The Kier molecular flexibility index (Phi) is 12.6. The van der Waals surface area contributed by atoms with Crippen LogP contribution in [-0.4, -0.2) is 50.9 Å². The third-order valence-corrected chi connectivity index (χ3v) is 9.60. The molecule has 248 valence electrons. The Morgan fingerprint density at radius 3 is 2.17 bits per heavy atom. The van der Waals surface area contributed by atoms with Crippen molar-refractivity contribution in [2.75, 3.05) is 24.0 Å². The Hall–Kier alpha value is -4.22. The van der Waals surface area contributed by atoms with Gasteiger partial charge in [0.1, 0.15) is 24.2 Å². The zero-order valence-electron chi connectivity index (χ0n) is 26.6. The fourth-order valence-corrected chi connectivity index (χ4v) is 6.81. The maximum absolute atomic E-state index is 14.5. The van der Waals surface area contributed by atoms with Crippen molar-refractivity contribution in [2.24, 2.45) is 5.92 Å². The highest BCUT2D eigenvalue weighted by molar-refractivity contribution is 9.10. The van der Waals surface area contributed by atoms with E-state index < -0.39 is 34.3 Å². The molecule has 4 rings (SSSR count). The van der Waals surface area contributed by atoms with Gasteiger partial charge in [-0.05, 0) is 84.6 Å². The van der Waals surface area contributed by atoms with Gasteiger partial charge in [0.2, 0.25) is 11.8 Å². The molecule has 0 aliphatic carbocycles. The number of carbonyl (C=O) groups is 2. The van der Waals surface area contributed by atoms with Crippen molar-refractivity contribution >= 4 is 43.5 Å². The maximum Gasteiger partial charge on any atom is 0.264 e. The molecule has 8 nitrogen and oxygen atoms in total. The lowest BCUT2D eigenvalue weighted by molar-refractivity contribution is -0.140. The van der Waals surface area contributed by atoms with Gasteiger partial charge in [0.25, 0.3) is 10.0 Å². The molecule has 0 fully saturated rings. The summed E-state index contributed by atoms with van der Waals surface area (Å²) in [7, 11) is -4.33. The fourth-order valence-electron chi connectivity index (χ4n) is 4.95. The van der Waals surface area contributed by atoms with Crippen molar-refractivity contribution in [3.05, 3.63) is 125 Å². The number of nitrogens with zero attached hydrogens (tertiary/aromatic N) is 2. The summed E-state index contributed by atoms with van der Waals surface area (Å²) in [4.78, 5) is 29.7. The molecule has 0 bridgehead atoms. The monoisotopic (exact) mass is 723 g/mol. The van der Waals surface area contributed by atoms with E-state index in [0.29, 0.717) is 18.9 Å². The van der Waals surface area contributed by atoms with E-state index in [-0.39, 0.29) is 35.4 Å². The minimum absolute atomic E-state index is 0.0330. The van der Waals surface area contributed by atoms with E-state index in [4.69, 9.17) is 4.74 Å². The Balaban J connectivity index is 1.79. The molecule has 0 radical (unpaired) electrons. The first-order valence-electron chi connectivity index (χ1n) is 15.3. The second-order valence-electron chi connectivity index (χ2n) is 11.4. The fraction of sp³-hybridized carbons (Fsp3) is 0.278. The van der Waals surface area contributed by atoms with Gasteiger partial charge in [0.15, 0.2) is 0 Å². The number of anilines is 1. The highest BCUT2D eigenvalue weighted by Gasteiger charge is 2.34. The van der Waals surface area contributed by atoms with Gasteiger partial charge in [0.05, 0.1) is 17.2 Å². The average Bonchev–Trinajstić information content (AvgIpc) is 3.05. The van der Waals surface area contributed by atoms with Crippen LogP contribution in [0.15, 0.2) is 112 Å². The van der Waals surface area contributed by atoms with Crippen LogP contribution in [0.3, 0.4) is 0 Å². The van der Waals surface area contributed by atoms with Crippen molar-refractivity contribution in [1.82, 2.24) is 10.2 Å². The third-order valence-electron chi connectivity index (χ3n) is 7.31. The number of hydrogen-bond donors (Lipinski definition) is 1. The molecule has 0 unspecified atom stereocenters. The van der Waals surface area contributed by atoms with Crippen LogP contribution >= 0.6 is 15.9 Å². The van der Waals surface area contributed by atoms with Gasteiger partial charge in [0, 0.05) is 24.0 Å². The Bertz CT molecular complexity index is 1740. The van der Waals surface area contributed by atoms with Crippen LogP contribution in [0.2, 0.25) is 0 Å². The summed E-state index contributed by atoms with van der Waals surface area (Å²) in [6, 6.07) is 26.5. The standard InChI is InChI=1S/C36H39BrFN3O5S/c1-4-46-32-17-19-33(20-18-32)47(44,45)41(31-15-13-30(38)14-16-31)25-35(42)40(24-28-11-8-12-29(37)21-28)34(36(43)39-23-26(2)3)22-27-9-6-5-7-10-27/h5-21,26,34H,4,22-25H2,1-3H3,(H,39,43)/t34-/m1/s1. The molecular formula is C36H39BrFN3O5S. The smallest absolute Gasteiger partial charge is 0.264 e. The van der Waals surface area contributed by atoms with Gasteiger partial charge in [-0.1, -0.05) is 72.2 Å². The first-order valence-corrected chi connectivity index (χ1v) is 17.6. The Morgan fingerprint density at radius 1 is 0.894 bits per heavy atom. The van der Waals surface area contributed by atoms with Gasteiger partial charge < -0.3 is 15.0 Å². The van der Waals surface area contributed by atoms with Crippen molar-refractivity contribution in [2.45, 2.75) is 44.7 Å². The molecule has 47 heavy (non-hydrogen) atoms. The largest absolute Gasteiger partial charge is 0.494 e. The number of halogens is 2. The first kappa shape index (κ1) is 35.6. The summed E-state index contributed by atoms with van der Waals surface area (Å²) < 4.78 is 49.5. The van der Waals surface area contributed by atoms with Gasteiger partial charge in [-0.2, -0.15) is 0 Å². The lowest BCUT2D eigenvalue weighted by atomic mass is 10.0. The van der Waals surface area contributed by atoms with Gasteiger partial charge in [-0.15, -0.1) is 0 Å². The van der Waals surface area contributed by atoms with Crippen LogP contribution in [0, 0.1) is 11.7 Å². The van der Waals surface area contributed by atoms with E-state index in [1.807, 2.05) is 75.4 Å². The number of rotatable bonds is 15. The Morgan fingerprint density at radius 2 is 1.55 bits per heavy atom. The van der Waals surface area contributed by atoms with Crippen LogP contribution in [0.5, 0.6) is 5.75 Å². The molecule has 4 aromatic rings. The summed E-state index contributed by atoms with van der Waals surface area (Å²) in [5, 5.41) is 2.97. The molecule has 0 saturated heterocycles. The van der Waals surface area contributed by atoms with Gasteiger partial charge in [-0.25, -0.2) is 12.8 Å². The summed E-state index contributed by atoms with van der Waals surface area (Å²) in [5.41, 5.74) is 1.67. The number of amides is 2. The molecule has 0 saturated carbocycles. The third kappa shape index (κ3) is 9.89. The average molecular weight is 725 g/mol. The van der Waals surface area contributed by atoms with Crippen molar-refractivity contribution in [3.8, 4) is 5.75 Å². The second kappa shape index (κ2) is 16.6. The number of nitrogens with one attached hydrogen (secondary N) is 1. The highest BCUT2D eigenvalue weighted by atomic mass is 79.9. The number of hydrogen-bond acceptors (Lipinski definition) is 5. The van der Waals surface area contributed by atoms with Crippen LogP contribution < -0.4 is 14.4 Å². The summed E-state index contributed by atoms with van der Waals surface area (Å²) >= 11 is 3.48. The van der Waals surface area contributed by atoms with Crippen molar-refractivity contribution < 1.29 is 27.1 Å². The van der Waals surface area contributed by atoms with Crippen LogP contribution in [-0.2, 0) is 32.6 Å². The van der Waals surface area contributed by atoms with Crippen LogP contribution in [0.1, 0.15) is 31.9 Å². The predicted molar refractivity (Wildman–Crippen MR) is 185 cm³/mol. The first-order chi connectivity index (χ1) is 22.5. The summed E-state index contributed by atoms with van der Waals surface area (Å²) in [5.74, 6) is -0.858. The van der Waals surface area contributed by atoms with Crippen LogP contribution in [0.4, 0.5) is 10.1 Å². The van der Waals surface area contributed by atoms with Crippen molar-refractivity contribution in [3.63, 3.8) is 0 Å². The molecule has 0 heterocycles. The van der Waals surface area contributed by atoms with E-state index in [1.54, 1.807) is 0 Å². The van der Waals surface area contributed by atoms with E-state index in [2.05, 4.69) is 21.2 Å². The molecule has 4 aromatic carbocycles. The number of carbonyl (C=O) groups excluding carboxylic acids is 2. The Labute approximate surface area is 284 Å². The zero-order valence-corrected chi connectivity index (χ0v) is 29.0. The summed E-state index contributed by atoms with van der Waals surface area (Å²) in [6.45, 7) is 5.97. The SMILES string of the molecule is CCOc1ccc(S(=O)(=O)N(CC(=O)N(Cc2cccc(Br)c2)[C@H](Cc2ccccc2)C(=O)NCC(C)C)c2ccc(F)cc2)cc1. The second-order valence-corrected chi connectivity index (χ2v) is 14.2. The molecule has 0 aromatic heterocycles. The van der Waals surface area contributed by atoms with Gasteiger partial charge in [-0.3, -0.25) is 13.9 Å². The van der Waals surface area contributed by atoms with E-state index in [0.717, 1.165) is 32.0 Å². The molecule has 2 amide bonds. The van der Waals surface area contributed by atoms with Gasteiger partial charge >= 0.3 is 0 Å². The lowest BCUT2D eigenvalue weighted by Gasteiger charge is -2.34. The molecule has 0 aliphatic heterocycles. The normalized spacial score (nSPS) is 12.0. The molecule has 0 spiro atoms. The highest BCUT2D eigenvalue weighted by Crippen LogP contribution is 2.27.